The monoisotopic (exact) mass is 411 g/mol. The number of piperidine rings is 1. The fourth-order valence-corrected chi connectivity index (χ4v) is 5.34. The van der Waals surface area contributed by atoms with E-state index in [-0.39, 0.29) is 16.8 Å². The number of urea groups is 1. The molecule has 0 unspecified atom stereocenters. The van der Waals surface area contributed by atoms with Gasteiger partial charge in [-0.3, -0.25) is 9.69 Å². The molecular weight excluding hydrogens is 386 g/mol. The molecule has 2 fully saturated rings. The molecule has 2 heterocycles. The van der Waals surface area contributed by atoms with Gasteiger partial charge in [0, 0.05) is 24.5 Å². The van der Waals surface area contributed by atoms with Crippen LogP contribution in [0.1, 0.15) is 18.4 Å². The Bertz CT molecular complexity index is 908. The van der Waals surface area contributed by atoms with Crippen molar-refractivity contribution in [1.82, 2.24) is 4.90 Å². The highest BCUT2D eigenvalue weighted by atomic mass is 32.2. The van der Waals surface area contributed by atoms with Crippen LogP contribution in [-0.4, -0.2) is 47.7 Å². The van der Waals surface area contributed by atoms with Crippen molar-refractivity contribution >= 4 is 35.1 Å². The Morgan fingerprint density at radius 1 is 1.14 bits per heavy atom. The third-order valence-electron chi connectivity index (χ3n) is 5.55. The maximum Gasteiger partial charge on any atom is 0.321 e. The number of ether oxygens (including phenoxy) is 1. The molecule has 0 saturated carbocycles. The van der Waals surface area contributed by atoms with Crippen LogP contribution in [0.3, 0.4) is 0 Å². The Morgan fingerprint density at radius 3 is 2.52 bits per heavy atom. The summed E-state index contributed by atoms with van der Waals surface area (Å²) in [6.07, 6.45) is 1.49. The van der Waals surface area contributed by atoms with Crippen molar-refractivity contribution in [3.05, 3.63) is 54.1 Å². The molecule has 0 atom stereocenters. The summed E-state index contributed by atoms with van der Waals surface area (Å²) in [5, 5.41) is 2.98. The predicted octanol–water partition coefficient (Wildman–Crippen LogP) is 4.11. The highest BCUT2D eigenvalue weighted by Gasteiger charge is 2.49. The molecule has 2 aliphatic rings. The molecule has 4 rings (SSSR count). The van der Waals surface area contributed by atoms with E-state index in [1.54, 1.807) is 18.9 Å². The summed E-state index contributed by atoms with van der Waals surface area (Å²) in [7, 11) is 1.63. The number of nitrogens with zero attached hydrogens (tertiary/aromatic N) is 2. The molecule has 29 heavy (non-hydrogen) atoms. The summed E-state index contributed by atoms with van der Waals surface area (Å²) in [4.78, 5) is 28.8. The van der Waals surface area contributed by atoms with E-state index in [9.17, 15) is 9.59 Å². The molecule has 1 spiro atoms. The summed E-state index contributed by atoms with van der Waals surface area (Å²) >= 11 is 1.69. The second-order valence-electron chi connectivity index (χ2n) is 7.45. The zero-order chi connectivity index (χ0) is 20.4. The van der Waals surface area contributed by atoms with E-state index in [0.29, 0.717) is 18.8 Å². The number of nitrogens with one attached hydrogen (secondary N) is 1. The molecule has 2 aromatic carbocycles. The highest BCUT2D eigenvalue weighted by Crippen LogP contribution is 2.47. The second kappa shape index (κ2) is 7.99. The normalized spacial score (nSPS) is 18.2. The molecule has 6 nitrogen and oxygen atoms in total. The first-order chi connectivity index (χ1) is 14.0. The number of carbonyl (C=O) groups is 2. The van der Waals surface area contributed by atoms with Crippen LogP contribution >= 0.6 is 11.8 Å². The summed E-state index contributed by atoms with van der Waals surface area (Å²) in [6.45, 7) is 3.23. The number of hydrogen-bond acceptors (Lipinski definition) is 4. The van der Waals surface area contributed by atoms with Gasteiger partial charge in [0.15, 0.2) is 0 Å². The number of benzene rings is 2. The van der Waals surface area contributed by atoms with Crippen molar-refractivity contribution in [3.63, 3.8) is 0 Å². The van der Waals surface area contributed by atoms with E-state index in [4.69, 9.17) is 4.74 Å². The summed E-state index contributed by atoms with van der Waals surface area (Å²) in [6, 6.07) is 15.3. The van der Waals surface area contributed by atoms with Crippen molar-refractivity contribution in [2.45, 2.75) is 24.6 Å². The third-order valence-corrected chi connectivity index (χ3v) is 7.07. The minimum absolute atomic E-state index is 0.0872. The third kappa shape index (κ3) is 3.92. The predicted molar refractivity (Wildman–Crippen MR) is 117 cm³/mol. The SMILES string of the molecule is COc1ccc(N2C(=O)CSC23CCN(C(=O)Nc2cccc(C)c2)CC3)cc1. The molecule has 3 amide bonds. The number of carbonyl (C=O) groups excluding carboxylic acids is 2. The second-order valence-corrected chi connectivity index (χ2v) is 8.79. The average molecular weight is 412 g/mol. The van der Waals surface area contributed by atoms with Crippen LogP contribution < -0.4 is 15.0 Å². The lowest BCUT2D eigenvalue weighted by Gasteiger charge is -2.43. The van der Waals surface area contributed by atoms with Gasteiger partial charge in [-0.2, -0.15) is 0 Å². The largest absolute Gasteiger partial charge is 0.497 e. The van der Waals surface area contributed by atoms with Crippen molar-refractivity contribution < 1.29 is 14.3 Å². The molecule has 0 aliphatic carbocycles. The maximum atomic E-state index is 12.7. The molecule has 152 valence electrons. The minimum atomic E-state index is -0.286. The van der Waals surface area contributed by atoms with Gasteiger partial charge in [-0.15, -0.1) is 11.8 Å². The Balaban J connectivity index is 1.45. The van der Waals surface area contributed by atoms with Crippen LogP contribution in [0.15, 0.2) is 48.5 Å². The van der Waals surface area contributed by atoms with E-state index in [0.717, 1.165) is 35.5 Å². The van der Waals surface area contributed by atoms with Crippen molar-refractivity contribution in [2.75, 3.05) is 36.2 Å². The minimum Gasteiger partial charge on any atom is -0.497 e. The van der Waals surface area contributed by atoms with Gasteiger partial charge in [0.25, 0.3) is 0 Å². The van der Waals surface area contributed by atoms with Gasteiger partial charge < -0.3 is 15.0 Å². The summed E-state index contributed by atoms with van der Waals surface area (Å²) < 4.78 is 5.23. The van der Waals surface area contributed by atoms with E-state index in [1.807, 2.05) is 65.3 Å². The number of methoxy groups -OCH3 is 1. The highest BCUT2D eigenvalue weighted by molar-refractivity contribution is 8.02. The topological polar surface area (TPSA) is 61.9 Å². The van der Waals surface area contributed by atoms with Crippen LogP contribution in [0.25, 0.3) is 0 Å². The first-order valence-corrected chi connectivity index (χ1v) is 10.7. The molecule has 2 saturated heterocycles. The lowest BCUT2D eigenvalue weighted by molar-refractivity contribution is -0.116. The number of anilines is 2. The molecule has 0 radical (unpaired) electrons. The van der Waals surface area contributed by atoms with E-state index in [2.05, 4.69) is 5.32 Å². The lowest BCUT2D eigenvalue weighted by Crippen LogP contribution is -2.53. The molecule has 2 aliphatic heterocycles. The van der Waals surface area contributed by atoms with Crippen LogP contribution in [0, 0.1) is 6.92 Å². The van der Waals surface area contributed by atoms with Gasteiger partial charge in [0.2, 0.25) is 5.91 Å². The van der Waals surface area contributed by atoms with Crippen molar-refractivity contribution in [1.29, 1.82) is 0 Å². The Hall–Kier alpha value is -2.67. The maximum absolute atomic E-state index is 12.7. The average Bonchev–Trinajstić information content (AvgIpc) is 3.04. The summed E-state index contributed by atoms with van der Waals surface area (Å²) in [5.74, 6) is 1.36. The Morgan fingerprint density at radius 2 is 1.86 bits per heavy atom. The van der Waals surface area contributed by atoms with Gasteiger partial charge in [0.1, 0.15) is 5.75 Å². The first kappa shape index (κ1) is 19.6. The zero-order valence-corrected chi connectivity index (χ0v) is 17.5. The van der Waals surface area contributed by atoms with E-state index in [1.165, 1.54) is 0 Å². The number of likely N-dealkylation sites (tertiary alicyclic amines) is 1. The quantitative estimate of drug-likeness (QED) is 0.826. The molecule has 1 N–H and O–H groups in total. The van der Waals surface area contributed by atoms with Crippen LogP contribution in [0.4, 0.5) is 16.2 Å². The van der Waals surface area contributed by atoms with Crippen LogP contribution in [0.5, 0.6) is 5.75 Å². The first-order valence-electron chi connectivity index (χ1n) is 9.74. The van der Waals surface area contributed by atoms with Crippen molar-refractivity contribution in [3.8, 4) is 5.75 Å². The molecule has 7 heteroatoms. The lowest BCUT2D eigenvalue weighted by atomic mass is 10.0. The van der Waals surface area contributed by atoms with Gasteiger partial charge in [0.05, 0.1) is 17.7 Å². The Kier molecular flexibility index (Phi) is 5.41. The number of hydrogen-bond donors (Lipinski definition) is 1. The standard InChI is InChI=1S/C22H25N3O3S/c1-16-4-3-5-17(14-16)23-21(27)24-12-10-22(11-13-24)25(20(26)15-29-22)18-6-8-19(28-2)9-7-18/h3-9,14H,10-13,15H2,1-2H3,(H,23,27). The van der Waals surface area contributed by atoms with Crippen molar-refractivity contribution in [2.24, 2.45) is 0 Å². The Labute approximate surface area is 175 Å². The zero-order valence-electron chi connectivity index (χ0n) is 16.7. The van der Waals surface area contributed by atoms with Gasteiger partial charge in [-0.25, -0.2) is 4.79 Å². The van der Waals surface area contributed by atoms with Gasteiger partial charge >= 0.3 is 6.03 Å². The smallest absolute Gasteiger partial charge is 0.321 e. The molecule has 0 aromatic heterocycles. The number of rotatable bonds is 3. The van der Waals surface area contributed by atoms with Gasteiger partial charge in [-0.1, -0.05) is 12.1 Å². The fourth-order valence-electron chi connectivity index (χ4n) is 4.02. The summed E-state index contributed by atoms with van der Waals surface area (Å²) in [5.41, 5.74) is 2.80. The number of thioether (sulfide) groups is 1. The van der Waals surface area contributed by atoms with Crippen LogP contribution in [-0.2, 0) is 4.79 Å². The number of amides is 3. The molecule has 0 bridgehead atoms. The van der Waals surface area contributed by atoms with E-state index < -0.39 is 0 Å². The van der Waals surface area contributed by atoms with Gasteiger partial charge in [-0.05, 0) is 61.7 Å². The molecular formula is C22H25N3O3S. The molecule has 2 aromatic rings. The van der Waals surface area contributed by atoms with E-state index >= 15 is 0 Å². The number of aryl methyl sites for hydroxylation is 1. The van der Waals surface area contributed by atoms with Crippen LogP contribution in [0.2, 0.25) is 0 Å². The fraction of sp³-hybridized carbons (Fsp3) is 0.364.